The van der Waals surface area contributed by atoms with Crippen LogP contribution in [0.1, 0.15) is 0 Å². The summed E-state index contributed by atoms with van der Waals surface area (Å²) in [5, 5.41) is 15.8. The fourth-order valence-corrected chi connectivity index (χ4v) is 1.45. The summed E-state index contributed by atoms with van der Waals surface area (Å²) in [6, 6.07) is 2.48. The Balaban J connectivity index is 2.62. The maximum absolute atomic E-state index is 13.7. The van der Waals surface area contributed by atoms with Crippen LogP contribution < -0.4 is 10.5 Å². The number of nitrogens with two attached hydrogens (primary N) is 1. The van der Waals surface area contributed by atoms with Gasteiger partial charge in [-0.1, -0.05) is 0 Å². The second kappa shape index (κ2) is 3.73. The van der Waals surface area contributed by atoms with E-state index in [0.29, 0.717) is 5.56 Å². The molecule has 0 radical (unpaired) electrons. The summed E-state index contributed by atoms with van der Waals surface area (Å²) in [6.45, 7) is 0. The summed E-state index contributed by atoms with van der Waals surface area (Å²) in [4.78, 5) is 0. The van der Waals surface area contributed by atoms with Crippen LogP contribution in [0.3, 0.4) is 0 Å². The van der Waals surface area contributed by atoms with Gasteiger partial charge < -0.3 is 15.6 Å². The molecule has 0 saturated heterocycles. The van der Waals surface area contributed by atoms with Gasteiger partial charge in [-0.15, -0.1) is 0 Å². The number of rotatable bonds is 2. The first-order valence-corrected chi connectivity index (χ1v) is 4.49. The predicted molar refractivity (Wildman–Crippen MR) is 56.6 cm³/mol. The van der Waals surface area contributed by atoms with E-state index in [9.17, 15) is 9.50 Å². The first kappa shape index (κ1) is 10.3. The van der Waals surface area contributed by atoms with Gasteiger partial charge in [-0.05, 0) is 0 Å². The molecule has 2 aromatic rings. The van der Waals surface area contributed by atoms with Gasteiger partial charge >= 0.3 is 0 Å². The zero-order chi connectivity index (χ0) is 11.7. The number of ether oxygens (including phenoxy) is 1. The molecule has 1 heterocycles. The number of nitrogen functional groups attached to an aromatic ring is 1. The van der Waals surface area contributed by atoms with E-state index < -0.39 is 5.82 Å². The Morgan fingerprint density at radius 1 is 1.50 bits per heavy atom. The van der Waals surface area contributed by atoms with Crippen molar-refractivity contribution in [1.29, 1.82) is 0 Å². The Morgan fingerprint density at radius 2 is 2.25 bits per heavy atom. The predicted octanol–water partition coefficient (Wildman–Crippen LogP) is 1.51. The molecule has 16 heavy (non-hydrogen) atoms. The average molecular weight is 223 g/mol. The molecule has 1 aromatic carbocycles. The molecule has 6 heteroatoms. The van der Waals surface area contributed by atoms with E-state index in [0.717, 1.165) is 0 Å². The standard InChI is InChI=1S/C10H10FN3O2/c1-16-5-2-7(11)9(8(15)3-5)6-4-13-14-10(6)12/h2-4,15H,1H3,(H3,12,13,14). The van der Waals surface area contributed by atoms with E-state index in [2.05, 4.69) is 10.2 Å². The molecule has 0 saturated carbocycles. The smallest absolute Gasteiger partial charge is 0.138 e. The minimum atomic E-state index is -0.620. The number of benzene rings is 1. The number of nitrogens with one attached hydrogen (secondary N) is 1. The fraction of sp³-hybridized carbons (Fsp3) is 0.100. The van der Waals surface area contributed by atoms with Crippen LogP contribution in [0.15, 0.2) is 18.3 Å². The first-order valence-electron chi connectivity index (χ1n) is 4.49. The molecule has 1 aromatic heterocycles. The van der Waals surface area contributed by atoms with Crippen LogP contribution in [0.4, 0.5) is 10.2 Å². The van der Waals surface area contributed by atoms with Crippen LogP contribution in [0.2, 0.25) is 0 Å². The number of hydrogen-bond acceptors (Lipinski definition) is 4. The molecular weight excluding hydrogens is 213 g/mol. The number of phenols is 1. The Kier molecular flexibility index (Phi) is 2.40. The number of methoxy groups -OCH3 is 1. The van der Waals surface area contributed by atoms with Crippen LogP contribution >= 0.6 is 0 Å². The topological polar surface area (TPSA) is 84.2 Å². The van der Waals surface area contributed by atoms with Crippen molar-refractivity contribution in [2.45, 2.75) is 0 Å². The number of aromatic hydroxyl groups is 1. The van der Waals surface area contributed by atoms with Crippen molar-refractivity contribution < 1.29 is 14.2 Å². The minimum absolute atomic E-state index is 0.00653. The van der Waals surface area contributed by atoms with Gasteiger partial charge in [-0.3, -0.25) is 5.10 Å². The highest BCUT2D eigenvalue weighted by Crippen LogP contribution is 2.37. The lowest BCUT2D eigenvalue weighted by Crippen LogP contribution is -1.92. The molecule has 0 bridgehead atoms. The number of phenolic OH excluding ortho intramolecular Hbond substituents is 1. The van der Waals surface area contributed by atoms with Crippen LogP contribution in [0.25, 0.3) is 11.1 Å². The molecular formula is C10H10FN3O2. The van der Waals surface area contributed by atoms with Gasteiger partial charge in [0.05, 0.1) is 24.4 Å². The van der Waals surface area contributed by atoms with Crippen molar-refractivity contribution in [2.24, 2.45) is 0 Å². The Bertz CT molecular complexity index is 502. The molecule has 0 unspecified atom stereocenters. The third-order valence-electron chi connectivity index (χ3n) is 2.22. The Morgan fingerprint density at radius 3 is 2.75 bits per heavy atom. The number of H-pyrrole nitrogens is 1. The number of nitrogens with zero attached hydrogens (tertiary/aromatic N) is 1. The number of hydrogen-bond donors (Lipinski definition) is 3. The molecule has 0 spiro atoms. The third kappa shape index (κ3) is 1.54. The van der Waals surface area contributed by atoms with Crippen LogP contribution in [-0.4, -0.2) is 22.4 Å². The summed E-state index contributed by atoms with van der Waals surface area (Å²) >= 11 is 0. The maximum Gasteiger partial charge on any atom is 0.138 e. The average Bonchev–Trinajstić information content (AvgIpc) is 2.64. The molecule has 0 aliphatic rings. The highest BCUT2D eigenvalue weighted by atomic mass is 19.1. The lowest BCUT2D eigenvalue weighted by molar-refractivity contribution is 0.403. The van der Waals surface area contributed by atoms with Crippen molar-refractivity contribution in [3.8, 4) is 22.6 Å². The molecule has 0 aliphatic heterocycles. The third-order valence-corrected chi connectivity index (χ3v) is 2.22. The SMILES string of the molecule is COc1cc(O)c(-c2cn[nH]c2N)c(F)c1. The van der Waals surface area contributed by atoms with E-state index in [1.165, 1.54) is 25.4 Å². The normalized spacial score (nSPS) is 10.4. The number of anilines is 1. The molecule has 84 valence electrons. The maximum atomic E-state index is 13.7. The van der Waals surface area contributed by atoms with Crippen LogP contribution in [0.5, 0.6) is 11.5 Å². The molecule has 0 amide bonds. The van der Waals surface area contributed by atoms with Gasteiger partial charge in [0.25, 0.3) is 0 Å². The van der Waals surface area contributed by atoms with Gasteiger partial charge in [0.15, 0.2) is 0 Å². The van der Waals surface area contributed by atoms with E-state index in [1.807, 2.05) is 0 Å². The lowest BCUT2D eigenvalue weighted by atomic mass is 10.1. The molecule has 0 aliphatic carbocycles. The zero-order valence-electron chi connectivity index (χ0n) is 8.49. The van der Waals surface area contributed by atoms with Crippen molar-refractivity contribution in [1.82, 2.24) is 10.2 Å². The molecule has 2 rings (SSSR count). The molecule has 4 N–H and O–H groups in total. The number of aromatic nitrogens is 2. The Hall–Kier alpha value is -2.24. The number of aromatic amines is 1. The van der Waals surface area contributed by atoms with Crippen molar-refractivity contribution in [2.75, 3.05) is 12.8 Å². The van der Waals surface area contributed by atoms with Gasteiger partial charge in [-0.2, -0.15) is 5.10 Å². The van der Waals surface area contributed by atoms with Gasteiger partial charge in [-0.25, -0.2) is 4.39 Å². The van der Waals surface area contributed by atoms with E-state index >= 15 is 0 Å². The minimum Gasteiger partial charge on any atom is -0.507 e. The fourth-order valence-electron chi connectivity index (χ4n) is 1.45. The highest BCUT2D eigenvalue weighted by molar-refractivity contribution is 5.78. The molecule has 0 atom stereocenters. The summed E-state index contributed by atoms with van der Waals surface area (Å²) in [5.41, 5.74) is 5.88. The summed E-state index contributed by atoms with van der Waals surface area (Å²) < 4.78 is 18.5. The van der Waals surface area contributed by atoms with Crippen molar-refractivity contribution in [3.63, 3.8) is 0 Å². The van der Waals surface area contributed by atoms with E-state index in [4.69, 9.17) is 10.5 Å². The second-order valence-corrected chi connectivity index (χ2v) is 3.20. The molecule has 5 nitrogen and oxygen atoms in total. The second-order valence-electron chi connectivity index (χ2n) is 3.20. The monoisotopic (exact) mass is 223 g/mol. The number of halogens is 1. The largest absolute Gasteiger partial charge is 0.507 e. The lowest BCUT2D eigenvalue weighted by Gasteiger charge is -2.07. The van der Waals surface area contributed by atoms with E-state index in [-0.39, 0.29) is 22.9 Å². The first-order chi connectivity index (χ1) is 7.63. The van der Waals surface area contributed by atoms with Gasteiger partial charge in [0.1, 0.15) is 23.1 Å². The highest BCUT2D eigenvalue weighted by Gasteiger charge is 2.16. The van der Waals surface area contributed by atoms with Crippen LogP contribution in [-0.2, 0) is 0 Å². The summed E-state index contributed by atoms with van der Waals surface area (Å²) in [5.74, 6) is -0.435. The summed E-state index contributed by atoms with van der Waals surface area (Å²) in [7, 11) is 1.39. The summed E-state index contributed by atoms with van der Waals surface area (Å²) in [6.07, 6.45) is 1.35. The van der Waals surface area contributed by atoms with E-state index in [1.54, 1.807) is 0 Å². The quantitative estimate of drug-likeness (QED) is 0.720. The van der Waals surface area contributed by atoms with Crippen LogP contribution in [0, 0.1) is 5.82 Å². The van der Waals surface area contributed by atoms with Crippen molar-refractivity contribution >= 4 is 5.82 Å². The van der Waals surface area contributed by atoms with Gasteiger partial charge in [0, 0.05) is 12.1 Å². The van der Waals surface area contributed by atoms with Gasteiger partial charge in [0.2, 0.25) is 0 Å². The zero-order valence-corrected chi connectivity index (χ0v) is 8.49. The Labute approximate surface area is 90.7 Å². The molecule has 0 fully saturated rings. The van der Waals surface area contributed by atoms with Crippen molar-refractivity contribution in [3.05, 3.63) is 24.1 Å².